The molecule has 5 N–H and O–H groups in total. The van der Waals surface area contributed by atoms with Gasteiger partial charge in [-0.3, -0.25) is 0 Å². The van der Waals surface area contributed by atoms with E-state index in [0.29, 0.717) is 30.6 Å². The largest absolute Gasteiger partial charge is 0.505 e. The lowest BCUT2D eigenvalue weighted by molar-refractivity contribution is 0.328. The first-order valence-corrected chi connectivity index (χ1v) is 16.6. The second-order valence-electron chi connectivity index (χ2n) is 11.5. The van der Waals surface area contributed by atoms with E-state index in [-0.39, 0.29) is 71.0 Å². The van der Waals surface area contributed by atoms with Gasteiger partial charge < -0.3 is 26.0 Å². The molecule has 11 nitrogen and oxygen atoms in total. The number of imidazole rings is 1. The Bertz CT molecular complexity index is 1520. The minimum atomic E-state index is -3.98. The van der Waals surface area contributed by atoms with Gasteiger partial charge in [0.1, 0.15) is 4.90 Å². The van der Waals surface area contributed by atoms with Gasteiger partial charge in [0, 0.05) is 42.3 Å². The fraction of sp³-hybridized carbons (Fsp3) is 0.593. The molecule has 0 unspecified atom stereocenters. The van der Waals surface area contributed by atoms with E-state index in [2.05, 4.69) is 15.2 Å². The molecule has 16 heteroatoms. The topological polar surface area (TPSA) is 151 Å². The number of rotatable bonds is 7. The van der Waals surface area contributed by atoms with Gasteiger partial charge in [0.25, 0.3) is 0 Å². The van der Waals surface area contributed by atoms with Gasteiger partial charge >= 0.3 is 0 Å². The molecule has 1 aromatic carbocycles. The lowest BCUT2D eigenvalue weighted by atomic mass is 9.92. The lowest BCUT2D eigenvalue weighted by Crippen LogP contribution is -2.42. The summed E-state index contributed by atoms with van der Waals surface area (Å²) < 4.78 is 30.2. The number of piperidine rings is 1. The van der Waals surface area contributed by atoms with Crippen LogP contribution in [0.15, 0.2) is 23.4 Å². The van der Waals surface area contributed by atoms with Crippen molar-refractivity contribution in [2.75, 3.05) is 23.7 Å². The predicted octanol–water partition coefficient (Wildman–Crippen LogP) is 5.74. The number of sulfonamides is 1. The normalized spacial score (nSPS) is 22.2. The van der Waals surface area contributed by atoms with E-state index >= 15 is 0 Å². The zero-order valence-corrected chi connectivity index (χ0v) is 27.5. The smallest absolute Gasteiger partial charge is 0.246 e. The van der Waals surface area contributed by atoms with Gasteiger partial charge in [-0.15, -0.1) is 24.8 Å². The van der Waals surface area contributed by atoms with Crippen LogP contribution in [0.2, 0.25) is 10.0 Å². The van der Waals surface area contributed by atoms with Gasteiger partial charge in [0.05, 0.1) is 11.3 Å². The molecule has 0 amide bonds. The van der Waals surface area contributed by atoms with E-state index in [1.807, 2.05) is 6.33 Å². The quantitative estimate of drug-likeness (QED) is 0.242. The molecule has 238 valence electrons. The number of nitrogens with zero attached hydrogens (tertiary/aromatic N) is 5. The Morgan fingerprint density at radius 1 is 0.907 bits per heavy atom. The Balaban J connectivity index is 0.00000212. The Hall–Kier alpha value is -1.80. The molecular weight excluding hydrogens is 658 g/mol. The zero-order valence-electron chi connectivity index (χ0n) is 23.6. The number of hydrogen-bond acceptors (Lipinski definition) is 9. The van der Waals surface area contributed by atoms with Crippen molar-refractivity contribution in [2.45, 2.75) is 93.3 Å². The van der Waals surface area contributed by atoms with E-state index in [4.69, 9.17) is 43.9 Å². The van der Waals surface area contributed by atoms with Crippen molar-refractivity contribution in [2.24, 2.45) is 5.73 Å². The summed E-state index contributed by atoms with van der Waals surface area (Å²) in [5.41, 5.74) is 7.65. The summed E-state index contributed by atoms with van der Waals surface area (Å²) >= 11 is 12.0. The minimum absolute atomic E-state index is 0. The maximum absolute atomic E-state index is 13.3. The second-order valence-corrected chi connectivity index (χ2v) is 14.2. The van der Waals surface area contributed by atoms with E-state index < -0.39 is 15.8 Å². The number of nitrogens with two attached hydrogens (primary N) is 1. The summed E-state index contributed by atoms with van der Waals surface area (Å²) in [5, 5.41) is 17.5. The van der Waals surface area contributed by atoms with Crippen LogP contribution in [-0.4, -0.2) is 68.6 Å². The fourth-order valence-electron chi connectivity index (χ4n) is 6.29. The Kier molecular flexibility index (Phi) is 11.2. The molecule has 3 heterocycles. The summed E-state index contributed by atoms with van der Waals surface area (Å²) in [4.78, 5) is 14.2. The van der Waals surface area contributed by atoms with Crippen molar-refractivity contribution < 1.29 is 13.5 Å². The molecule has 0 spiro atoms. The lowest BCUT2D eigenvalue weighted by Gasteiger charge is -2.32. The molecule has 2 aromatic heterocycles. The van der Waals surface area contributed by atoms with Crippen molar-refractivity contribution in [3.8, 4) is 5.75 Å². The molecule has 2 aliphatic carbocycles. The number of fused-ring (bicyclic) bond motifs is 1. The molecule has 0 atom stereocenters. The SMILES string of the molecule is Cl.Cl.N[C@H]1CC[C@H](Nc2nc(NC3CCN(S(=O)(=O)c4cc(Cl)cc(Cl)c4O)CC3)c3ncn(C4CCCC4)c3n2)CC1. The molecule has 0 bridgehead atoms. The van der Waals surface area contributed by atoms with Gasteiger partial charge in [-0.05, 0) is 63.5 Å². The van der Waals surface area contributed by atoms with Gasteiger partial charge in [0.2, 0.25) is 16.0 Å². The van der Waals surface area contributed by atoms with Gasteiger partial charge in [-0.1, -0.05) is 36.0 Å². The zero-order chi connectivity index (χ0) is 28.7. The minimum Gasteiger partial charge on any atom is -0.505 e. The first-order valence-electron chi connectivity index (χ1n) is 14.4. The first-order chi connectivity index (χ1) is 19.7. The number of phenolic OH excluding ortho intramolecular Hbond substituents is 1. The maximum atomic E-state index is 13.3. The van der Waals surface area contributed by atoms with Crippen molar-refractivity contribution in [1.29, 1.82) is 0 Å². The van der Waals surface area contributed by atoms with Crippen LogP contribution >= 0.6 is 48.0 Å². The van der Waals surface area contributed by atoms with Crippen molar-refractivity contribution in [3.63, 3.8) is 0 Å². The molecule has 3 aliphatic rings. The Morgan fingerprint density at radius 2 is 1.56 bits per heavy atom. The third kappa shape index (κ3) is 7.21. The number of aromatic hydroxyl groups is 1. The monoisotopic (exact) mass is 694 g/mol. The second kappa shape index (κ2) is 14.1. The molecule has 1 aliphatic heterocycles. The number of benzene rings is 1. The summed E-state index contributed by atoms with van der Waals surface area (Å²) in [6.45, 7) is 0.531. The third-order valence-corrected chi connectivity index (χ3v) is 11.1. The van der Waals surface area contributed by atoms with Gasteiger partial charge in [0.15, 0.2) is 22.7 Å². The fourth-order valence-corrected chi connectivity index (χ4v) is 8.50. The molecule has 3 fully saturated rings. The highest BCUT2D eigenvalue weighted by Crippen LogP contribution is 2.37. The van der Waals surface area contributed by atoms with E-state index in [1.165, 1.54) is 29.3 Å². The molecule has 43 heavy (non-hydrogen) atoms. The van der Waals surface area contributed by atoms with Gasteiger partial charge in [-0.2, -0.15) is 14.3 Å². The number of phenols is 1. The highest BCUT2D eigenvalue weighted by molar-refractivity contribution is 7.89. The average molecular weight is 697 g/mol. The van der Waals surface area contributed by atoms with Crippen LogP contribution in [-0.2, 0) is 10.0 Å². The highest BCUT2D eigenvalue weighted by Gasteiger charge is 2.33. The summed E-state index contributed by atoms with van der Waals surface area (Å²) in [6, 6.07) is 3.44. The highest BCUT2D eigenvalue weighted by atomic mass is 35.5. The van der Waals surface area contributed by atoms with Crippen molar-refractivity contribution in [3.05, 3.63) is 28.5 Å². The van der Waals surface area contributed by atoms with Crippen LogP contribution in [0.1, 0.15) is 70.3 Å². The predicted molar refractivity (Wildman–Crippen MR) is 175 cm³/mol. The molecule has 6 rings (SSSR count). The van der Waals surface area contributed by atoms with Crippen LogP contribution in [0.3, 0.4) is 0 Å². The average Bonchev–Trinajstić information content (AvgIpc) is 3.63. The molecule has 1 saturated heterocycles. The van der Waals surface area contributed by atoms with Gasteiger partial charge in [-0.25, -0.2) is 13.4 Å². The van der Waals surface area contributed by atoms with Crippen LogP contribution in [0, 0.1) is 0 Å². The number of hydrogen-bond donors (Lipinski definition) is 4. The summed E-state index contributed by atoms with van der Waals surface area (Å²) in [7, 11) is -3.98. The van der Waals surface area contributed by atoms with Crippen molar-refractivity contribution >= 4 is 81.0 Å². The van der Waals surface area contributed by atoms with Crippen LogP contribution in [0.25, 0.3) is 11.2 Å². The van der Waals surface area contributed by atoms with E-state index in [9.17, 15) is 13.5 Å². The van der Waals surface area contributed by atoms with Crippen molar-refractivity contribution in [1.82, 2.24) is 23.8 Å². The van der Waals surface area contributed by atoms with Crippen LogP contribution in [0.4, 0.5) is 11.8 Å². The number of aromatic nitrogens is 4. The van der Waals surface area contributed by atoms with E-state index in [1.54, 1.807) is 0 Å². The Morgan fingerprint density at radius 3 is 2.23 bits per heavy atom. The maximum Gasteiger partial charge on any atom is 0.246 e. The molecule has 2 saturated carbocycles. The molecule has 3 aromatic rings. The van der Waals surface area contributed by atoms with Crippen LogP contribution in [0.5, 0.6) is 5.75 Å². The Labute approximate surface area is 274 Å². The number of anilines is 2. The standard InChI is InChI=1S/C27H36Cl2N8O3S.2ClH/c28-16-13-21(29)24(38)22(14-16)41(39,40)36-11-9-19(10-12-36)32-25-23-26(37(15-31-23)20-3-1-2-4-20)35-27(34-25)33-18-7-5-17(30)6-8-18;;/h13-15,17-20,38H,1-12,30H2,(H2,32,33,34,35);2*1H/t17-,18-;;. The number of nitrogens with one attached hydrogen (secondary N) is 2. The molecule has 0 radical (unpaired) electrons. The van der Waals surface area contributed by atoms with E-state index in [0.717, 1.165) is 49.7 Å². The molecular formula is C27H38Cl4N8O3S. The third-order valence-electron chi connectivity index (χ3n) is 8.65. The summed E-state index contributed by atoms with van der Waals surface area (Å²) in [6.07, 6.45) is 11.5. The number of halogens is 4. The van der Waals surface area contributed by atoms with Crippen LogP contribution < -0.4 is 16.4 Å². The first kappa shape index (κ1) is 34.1. The summed E-state index contributed by atoms with van der Waals surface area (Å²) in [5.74, 6) is 0.744.